The lowest BCUT2D eigenvalue weighted by atomic mass is 10.4. The summed E-state index contributed by atoms with van der Waals surface area (Å²) in [5, 5.41) is 24.9. The third kappa shape index (κ3) is 2.99. The van der Waals surface area contributed by atoms with E-state index in [1.54, 1.807) is 11.4 Å². The van der Waals surface area contributed by atoms with E-state index < -0.39 is 4.92 Å². The van der Waals surface area contributed by atoms with Crippen LogP contribution < -0.4 is 5.32 Å². The van der Waals surface area contributed by atoms with Crippen molar-refractivity contribution in [2.24, 2.45) is 0 Å². The lowest BCUT2D eigenvalue weighted by Crippen LogP contribution is -2.01. The second kappa shape index (κ2) is 5.52. The van der Waals surface area contributed by atoms with Gasteiger partial charge in [-0.05, 0) is 6.07 Å². The highest BCUT2D eigenvalue weighted by molar-refractivity contribution is 7.09. The van der Waals surface area contributed by atoms with Gasteiger partial charge in [0.2, 0.25) is 0 Å². The molecule has 2 aromatic heterocycles. The van der Waals surface area contributed by atoms with Crippen LogP contribution in [0.5, 0.6) is 0 Å². The third-order valence-corrected chi connectivity index (χ3v) is 3.04. The smallest absolute Gasteiger partial charge is 0.287 e. The zero-order valence-corrected chi connectivity index (χ0v) is 10.1. The maximum absolute atomic E-state index is 10.4. The number of nitro groups is 1. The summed E-state index contributed by atoms with van der Waals surface area (Å²) in [6.07, 6.45) is 1.20. The first-order chi connectivity index (χ1) is 8.69. The molecule has 0 amide bonds. The minimum absolute atomic E-state index is 0.0441. The molecular formula is C10H10N4O3S. The van der Waals surface area contributed by atoms with Gasteiger partial charge in [0.05, 0.1) is 23.8 Å². The van der Waals surface area contributed by atoms with Crippen molar-refractivity contribution in [3.8, 4) is 0 Å². The van der Waals surface area contributed by atoms with Gasteiger partial charge in [-0.25, -0.2) is 9.97 Å². The van der Waals surface area contributed by atoms with Crippen LogP contribution in [0, 0.1) is 10.1 Å². The number of aromatic nitrogens is 2. The second-order valence-electron chi connectivity index (χ2n) is 3.40. The molecule has 2 rings (SSSR count). The van der Waals surface area contributed by atoms with Crippen molar-refractivity contribution in [2.75, 3.05) is 5.32 Å². The molecule has 0 spiro atoms. The minimum atomic E-state index is -0.495. The predicted molar refractivity (Wildman–Crippen MR) is 66.3 cm³/mol. The van der Waals surface area contributed by atoms with Gasteiger partial charge in [-0.1, -0.05) is 0 Å². The van der Waals surface area contributed by atoms with Crippen molar-refractivity contribution in [2.45, 2.75) is 13.2 Å². The van der Waals surface area contributed by atoms with Crippen LogP contribution in [-0.2, 0) is 13.2 Å². The molecule has 0 radical (unpaired) electrons. The van der Waals surface area contributed by atoms with Crippen molar-refractivity contribution in [3.63, 3.8) is 0 Å². The highest BCUT2D eigenvalue weighted by Gasteiger charge is 2.05. The van der Waals surface area contributed by atoms with E-state index in [9.17, 15) is 10.1 Å². The highest BCUT2D eigenvalue weighted by Crippen LogP contribution is 2.14. The van der Waals surface area contributed by atoms with Crippen LogP contribution in [0.15, 0.2) is 23.7 Å². The molecule has 7 nitrogen and oxygen atoms in total. The maximum atomic E-state index is 10.4. The first-order valence-corrected chi connectivity index (χ1v) is 5.95. The van der Waals surface area contributed by atoms with Crippen molar-refractivity contribution in [1.29, 1.82) is 0 Å². The number of hydrogen-bond donors (Lipinski definition) is 2. The van der Waals surface area contributed by atoms with Gasteiger partial charge in [0, 0.05) is 11.4 Å². The van der Waals surface area contributed by atoms with E-state index in [0.29, 0.717) is 18.1 Å². The molecular weight excluding hydrogens is 256 g/mol. The first-order valence-electron chi connectivity index (χ1n) is 5.07. The number of anilines is 1. The summed E-state index contributed by atoms with van der Waals surface area (Å²) in [6.45, 7) is 0.391. The summed E-state index contributed by atoms with van der Waals surface area (Å²) >= 11 is 1.43. The van der Waals surface area contributed by atoms with Gasteiger partial charge >= 0.3 is 0 Å². The van der Waals surface area contributed by atoms with Gasteiger partial charge in [0.15, 0.2) is 0 Å². The van der Waals surface area contributed by atoms with E-state index in [1.165, 1.54) is 23.6 Å². The summed E-state index contributed by atoms with van der Waals surface area (Å²) in [5.41, 5.74) is 0.589. The first kappa shape index (κ1) is 12.4. The molecule has 0 aliphatic rings. The Morgan fingerprint density at radius 3 is 2.89 bits per heavy atom. The standard InChI is InChI=1S/C10H10N4O3S/c15-5-7-6-18-10(13-7)4-12-9-2-1-8(3-11-9)14(16)17/h1-3,6,15H,4-5H2,(H,11,12). The molecule has 0 aliphatic heterocycles. The van der Waals surface area contributed by atoms with Crippen LogP contribution in [0.2, 0.25) is 0 Å². The van der Waals surface area contributed by atoms with Crippen LogP contribution >= 0.6 is 11.3 Å². The monoisotopic (exact) mass is 266 g/mol. The third-order valence-electron chi connectivity index (χ3n) is 2.14. The second-order valence-corrected chi connectivity index (χ2v) is 4.35. The number of thiazole rings is 1. The Bertz CT molecular complexity index is 540. The Hall–Kier alpha value is -2.06. The van der Waals surface area contributed by atoms with E-state index in [2.05, 4.69) is 15.3 Å². The molecule has 0 aromatic carbocycles. The zero-order valence-electron chi connectivity index (χ0n) is 9.24. The van der Waals surface area contributed by atoms with Gasteiger partial charge in [-0.2, -0.15) is 0 Å². The van der Waals surface area contributed by atoms with Crippen LogP contribution in [0.4, 0.5) is 11.5 Å². The van der Waals surface area contributed by atoms with Crippen molar-refractivity contribution >= 4 is 22.8 Å². The Morgan fingerprint density at radius 1 is 1.50 bits per heavy atom. The van der Waals surface area contributed by atoms with Crippen LogP contribution in [0.25, 0.3) is 0 Å². The van der Waals surface area contributed by atoms with E-state index in [1.807, 2.05) is 0 Å². The van der Waals surface area contributed by atoms with E-state index in [4.69, 9.17) is 5.11 Å². The van der Waals surface area contributed by atoms with Crippen molar-refractivity contribution in [3.05, 3.63) is 44.5 Å². The minimum Gasteiger partial charge on any atom is -0.390 e. The lowest BCUT2D eigenvalue weighted by molar-refractivity contribution is -0.385. The largest absolute Gasteiger partial charge is 0.390 e. The number of aliphatic hydroxyl groups is 1. The lowest BCUT2D eigenvalue weighted by Gasteiger charge is -2.02. The average Bonchev–Trinajstić information content (AvgIpc) is 2.85. The molecule has 0 aliphatic carbocycles. The Labute approximate surface area is 106 Å². The molecule has 2 N–H and O–H groups in total. The number of pyridine rings is 1. The predicted octanol–water partition coefficient (Wildman–Crippen LogP) is 1.55. The summed E-state index contributed by atoms with van der Waals surface area (Å²) in [6, 6.07) is 2.93. The fourth-order valence-corrected chi connectivity index (χ4v) is 1.99. The van der Waals surface area contributed by atoms with Gasteiger partial charge in [0.1, 0.15) is 17.0 Å². The van der Waals surface area contributed by atoms with Crippen LogP contribution in [-0.4, -0.2) is 20.0 Å². The van der Waals surface area contributed by atoms with Crippen LogP contribution in [0.3, 0.4) is 0 Å². The van der Waals surface area contributed by atoms with E-state index in [0.717, 1.165) is 5.01 Å². The van der Waals surface area contributed by atoms with Crippen molar-refractivity contribution in [1.82, 2.24) is 9.97 Å². The molecule has 0 unspecified atom stereocenters. The Balaban J connectivity index is 1.95. The molecule has 0 saturated carbocycles. The quantitative estimate of drug-likeness (QED) is 0.629. The Kier molecular flexibility index (Phi) is 3.80. The zero-order chi connectivity index (χ0) is 13.0. The maximum Gasteiger partial charge on any atom is 0.287 e. The number of hydrogen-bond acceptors (Lipinski definition) is 7. The number of rotatable bonds is 5. The average molecular weight is 266 g/mol. The summed E-state index contributed by atoms with van der Waals surface area (Å²) in [7, 11) is 0. The Morgan fingerprint density at radius 2 is 2.33 bits per heavy atom. The molecule has 0 bridgehead atoms. The highest BCUT2D eigenvalue weighted by atomic mass is 32.1. The molecule has 18 heavy (non-hydrogen) atoms. The fourth-order valence-electron chi connectivity index (χ4n) is 1.27. The van der Waals surface area contributed by atoms with Crippen molar-refractivity contribution < 1.29 is 10.0 Å². The van der Waals surface area contributed by atoms with Gasteiger partial charge < -0.3 is 10.4 Å². The summed E-state index contributed by atoms with van der Waals surface area (Å²) in [5.74, 6) is 0.543. The molecule has 94 valence electrons. The van der Waals surface area contributed by atoms with Crippen LogP contribution in [0.1, 0.15) is 10.7 Å². The topological polar surface area (TPSA) is 101 Å². The van der Waals surface area contributed by atoms with E-state index >= 15 is 0 Å². The number of nitrogens with zero attached hydrogens (tertiary/aromatic N) is 3. The SMILES string of the molecule is O=[N+]([O-])c1ccc(NCc2nc(CO)cs2)nc1. The summed E-state index contributed by atoms with van der Waals surface area (Å²) in [4.78, 5) is 18.0. The normalized spacial score (nSPS) is 10.3. The molecule has 2 aromatic rings. The van der Waals surface area contributed by atoms with Gasteiger partial charge in [0.25, 0.3) is 5.69 Å². The number of aliphatic hydroxyl groups excluding tert-OH is 1. The summed E-state index contributed by atoms with van der Waals surface area (Å²) < 4.78 is 0. The van der Waals surface area contributed by atoms with E-state index in [-0.39, 0.29) is 12.3 Å². The fraction of sp³-hybridized carbons (Fsp3) is 0.200. The molecule has 8 heteroatoms. The number of nitrogens with one attached hydrogen (secondary N) is 1. The van der Waals surface area contributed by atoms with Gasteiger partial charge in [-0.3, -0.25) is 10.1 Å². The molecule has 0 atom stereocenters. The molecule has 0 saturated heterocycles. The molecule has 2 heterocycles. The van der Waals surface area contributed by atoms with Gasteiger partial charge in [-0.15, -0.1) is 11.3 Å². The molecule has 0 fully saturated rings.